The van der Waals surface area contributed by atoms with Gasteiger partial charge >= 0.3 is 0 Å². The molecule has 0 aromatic heterocycles. The number of rotatable bonds is 4. The first-order valence-electron chi connectivity index (χ1n) is 4.06. The summed E-state index contributed by atoms with van der Waals surface area (Å²) in [6.45, 7) is 3.77. The highest BCUT2D eigenvalue weighted by Crippen LogP contribution is 2.17. The Morgan fingerprint density at radius 3 is 2.00 bits per heavy atom. The van der Waals surface area contributed by atoms with Crippen LogP contribution in [-0.4, -0.2) is 16.8 Å². The van der Waals surface area contributed by atoms with E-state index in [-0.39, 0.29) is 13.2 Å². The highest BCUT2D eigenvalue weighted by Gasteiger charge is 1.99. The molecule has 0 bridgehead atoms. The Hall–Kier alpha value is -1.06. The van der Waals surface area contributed by atoms with Crippen molar-refractivity contribution in [1.29, 1.82) is 0 Å². The van der Waals surface area contributed by atoms with Crippen molar-refractivity contribution in [1.82, 2.24) is 0 Å². The minimum absolute atomic E-state index is 0.0542. The molecule has 0 unspecified atom stereocenters. The van der Waals surface area contributed by atoms with Crippen LogP contribution >= 0.6 is 0 Å². The summed E-state index contributed by atoms with van der Waals surface area (Å²) >= 11 is 0. The van der Waals surface area contributed by atoms with Gasteiger partial charge in [0.15, 0.2) is 0 Å². The summed E-state index contributed by atoms with van der Waals surface area (Å²) in [5.74, 6) is 0.630. The highest BCUT2D eigenvalue weighted by atomic mass is 16.5. The zero-order valence-corrected chi connectivity index (χ0v) is 7.36. The maximum Gasteiger partial charge on any atom is 0.120 e. The SMILES string of the molecule is [CH2]COc1cc(CO)cc(CO)c1. The van der Waals surface area contributed by atoms with Gasteiger partial charge in [-0.2, -0.15) is 0 Å². The largest absolute Gasteiger partial charge is 0.494 e. The van der Waals surface area contributed by atoms with E-state index in [1.165, 1.54) is 0 Å². The molecule has 0 amide bonds. The number of ether oxygens (including phenoxy) is 1. The van der Waals surface area contributed by atoms with Gasteiger partial charge in [0.05, 0.1) is 19.8 Å². The number of aliphatic hydroxyl groups is 2. The molecule has 0 aliphatic heterocycles. The van der Waals surface area contributed by atoms with Gasteiger partial charge in [0.2, 0.25) is 0 Å². The first kappa shape index (κ1) is 10.0. The van der Waals surface area contributed by atoms with Crippen LogP contribution in [0.5, 0.6) is 5.75 Å². The molecule has 3 heteroatoms. The Balaban J connectivity index is 2.93. The molecule has 0 aliphatic carbocycles. The third-order valence-electron chi connectivity index (χ3n) is 1.66. The fourth-order valence-corrected chi connectivity index (χ4v) is 1.11. The van der Waals surface area contributed by atoms with Crippen LogP contribution in [0.1, 0.15) is 11.1 Å². The van der Waals surface area contributed by atoms with Gasteiger partial charge < -0.3 is 14.9 Å². The molecule has 0 aliphatic rings. The standard InChI is InChI=1S/C10H13O3/c1-2-13-10-4-8(6-11)3-9(5-10)7-12/h3-5,11-12H,1-2,6-7H2. The lowest BCUT2D eigenvalue weighted by atomic mass is 10.1. The molecule has 1 radical (unpaired) electrons. The van der Waals surface area contributed by atoms with Crippen molar-refractivity contribution in [3.05, 3.63) is 36.2 Å². The molecule has 1 rings (SSSR count). The third kappa shape index (κ3) is 2.72. The molecule has 0 saturated carbocycles. The summed E-state index contributed by atoms with van der Waals surface area (Å²) in [4.78, 5) is 0. The fourth-order valence-electron chi connectivity index (χ4n) is 1.11. The van der Waals surface area contributed by atoms with Crippen LogP contribution in [0.25, 0.3) is 0 Å². The van der Waals surface area contributed by atoms with Crippen LogP contribution in [0.3, 0.4) is 0 Å². The molecule has 3 nitrogen and oxygen atoms in total. The third-order valence-corrected chi connectivity index (χ3v) is 1.66. The predicted octanol–water partition coefficient (Wildman–Crippen LogP) is 0.884. The summed E-state index contributed by atoms with van der Waals surface area (Å²) in [6.07, 6.45) is 0. The van der Waals surface area contributed by atoms with E-state index >= 15 is 0 Å². The second-order valence-electron chi connectivity index (χ2n) is 2.65. The van der Waals surface area contributed by atoms with Gasteiger partial charge in [0.25, 0.3) is 0 Å². The first-order chi connectivity index (χ1) is 6.30. The minimum Gasteiger partial charge on any atom is -0.494 e. The van der Waals surface area contributed by atoms with E-state index in [9.17, 15) is 0 Å². The maximum atomic E-state index is 8.90. The molecule has 0 heterocycles. The van der Waals surface area contributed by atoms with Gasteiger partial charge in [-0.15, -0.1) is 0 Å². The van der Waals surface area contributed by atoms with E-state index in [0.717, 1.165) is 11.1 Å². The normalized spacial score (nSPS) is 10.1. The average Bonchev–Trinajstić information content (AvgIpc) is 2.17. The van der Waals surface area contributed by atoms with E-state index in [2.05, 4.69) is 6.92 Å². The van der Waals surface area contributed by atoms with Crippen molar-refractivity contribution in [3.63, 3.8) is 0 Å². The van der Waals surface area contributed by atoms with Crippen LogP contribution in [0.4, 0.5) is 0 Å². The van der Waals surface area contributed by atoms with Gasteiger partial charge in [0, 0.05) is 0 Å². The van der Waals surface area contributed by atoms with Crippen molar-refractivity contribution in [2.75, 3.05) is 6.61 Å². The molecule has 0 fully saturated rings. The van der Waals surface area contributed by atoms with Crippen molar-refractivity contribution in [3.8, 4) is 5.75 Å². The quantitative estimate of drug-likeness (QED) is 0.725. The lowest BCUT2D eigenvalue weighted by Crippen LogP contribution is -1.95. The van der Waals surface area contributed by atoms with E-state index in [4.69, 9.17) is 14.9 Å². The van der Waals surface area contributed by atoms with E-state index in [1.807, 2.05) is 0 Å². The summed E-state index contributed by atoms with van der Waals surface area (Å²) in [7, 11) is 0. The van der Waals surface area contributed by atoms with Gasteiger partial charge in [-0.25, -0.2) is 0 Å². The highest BCUT2D eigenvalue weighted by molar-refractivity contribution is 5.33. The molecular formula is C10H13O3. The molecule has 13 heavy (non-hydrogen) atoms. The minimum atomic E-state index is -0.0542. The van der Waals surface area contributed by atoms with Gasteiger partial charge in [-0.3, -0.25) is 0 Å². The van der Waals surface area contributed by atoms with Crippen molar-refractivity contribution in [2.24, 2.45) is 0 Å². The van der Waals surface area contributed by atoms with Crippen LogP contribution in [0, 0.1) is 6.92 Å². The Kier molecular flexibility index (Phi) is 3.73. The summed E-state index contributed by atoms with van der Waals surface area (Å²) in [6, 6.07) is 5.19. The Labute approximate surface area is 77.6 Å². The fraction of sp³-hybridized carbons (Fsp3) is 0.300. The number of hydrogen-bond donors (Lipinski definition) is 2. The van der Waals surface area contributed by atoms with Gasteiger partial charge in [-0.05, 0) is 30.2 Å². The monoisotopic (exact) mass is 181 g/mol. The molecule has 1 aromatic rings. The molecule has 0 spiro atoms. The molecule has 71 valence electrons. The zero-order chi connectivity index (χ0) is 9.68. The van der Waals surface area contributed by atoms with Crippen molar-refractivity contribution >= 4 is 0 Å². The van der Waals surface area contributed by atoms with E-state index in [0.29, 0.717) is 12.4 Å². The Morgan fingerprint density at radius 1 is 1.08 bits per heavy atom. The number of hydrogen-bond acceptors (Lipinski definition) is 3. The van der Waals surface area contributed by atoms with Crippen molar-refractivity contribution < 1.29 is 14.9 Å². The van der Waals surface area contributed by atoms with Crippen LogP contribution in [0.2, 0.25) is 0 Å². The predicted molar refractivity (Wildman–Crippen MR) is 49.1 cm³/mol. The van der Waals surface area contributed by atoms with E-state index < -0.39 is 0 Å². The second-order valence-corrected chi connectivity index (χ2v) is 2.65. The smallest absolute Gasteiger partial charge is 0.120 e. The molecule has 2 N–H and O–H groups in total. The van der Waals surface area contributed by atoms with Crippen molar-refractivity contribution in [2.45, 2.75) is 13.2 Å². The van der Waals surface area contributed by atoms with Gasteiger partial charge in [-0.1, -0.05) is 6.07 Å². The Bertz CT molecular complexity index is 249. The van der Waals surface area contributed by atoms with Gasteiger partial charge in [0.1, 0.15) is 5.75 Å². The van der Waals surface area contributed by atoms with Crippen LogP contribution in [-0.2, 0) is 13.2 Å². The molecular weight excluding hydrogens is 168 g/mol. The topological polar surface area (TPSA) is 49.7 Å². The second kappa shape index (κ2) is 4.84. The lowest BCUT2D eigenvalue weighted by Gasteiger charge is -2.07. The molecule has 1 aromatic carbocycles. The summed E-state index contributed by atoms with van der Waals surface area (Å²) < 4.78 is 5.16. The number of aliphatic hydroxyl groups excluding tert-OH is 2. The van der Waals surface area contributed by atoms with Crippen LogP contribution < -0.4 is 4.74 Å². The first-order valence-corrected chi connectivity index (χ1v) is 4.06. The van der Waals surface area contributed by atoms with Crippen LogP contribution in [0.15, 0.2) is 18.2 Å². The maximum absolute atomic E-state index is 8.90. The summed E-state index contributed by atoms with van der Waals surface area (Å²) in [5.41, 5.74) is 1.46. The summed E-state index contributed by atoms with van der Waals surface area (Å²) in [5, 5.41) is 17.8. The Morgan fingerprint density at radius 2 is 1.62 bits per heavy atom. The zero-order valence-electron chi connectivity index (χ0n) is 7.36. The van der Waals surface area contributed by atoms with E-state index in [1.54, 1.807) is 18.2 Å². The molecule has 0 atom stereocenters. The molecule has 0 saturated heterocycles. The lowest BCUT2D eigenvalue weighted by molar-refractivity contribution is 0.273. The number of benzene rings is 1. The average molecular weight is 181 g/mol.